The van der Waals surface area contributed by atoms with Gasteiger partial charge in [0.1, 0.15) is 16.5 Å². The minimum Gasteiger partial charge on any atom is -0.390 e. The lowest BCUT2D eigenvalue weighted by Crippen LogP contribution is -2.41. The summed E-state index contributed by atoms with van der Waals surface area (Å²) in [5, 5.41) is 11.5. The lowest BCUT2D eigenvalue weighted by molar-refractivity contribution is 0.122. The molecule has 178 valence electrons. The molecule has 3 aliphatic rings. The van der Waals surface area contributed by atoms with Gasteiger partial charge in [-0.15, -0.1) is 0 Å². The van der Waals surface area contributed by atoms with Crippen molar-refractivity contribution in [1.82, 2.24) is 15.0 Å². The summed E-state index contributed by atoms with van der Waals surface area (Å²) >= 11 is 8.22. The maximum absolute atomic E-state index is 10.1. The molecule has 33 heavy (non-hydrogen) atoms. The average Bonchev–Trinajstić information content (AvgIpc) is 3.30. The number of hydrogen-bond acceptors (Lipinski definition) is 9. The quantitative estimate of drug-likeness (QED) is 0.676. The van der Waals surface area contributed by atoms with Crippen molar-refractivity contribution < 1.29 is 14.6 Å². The largest absolute Gasteiger partial charge is 0.390 e. The molecule has 1 spiro atoms. The summed E-state index contributed by atoms with van der Waals surface area (Å²) in [7, 11) is 0. The Morgan fingerprint density at radius 3 is 2.48 bits per heavy atom. The minimum absolute atomic E-state index is 0.149. The second-order valence-corrected chi connectivity index (χ2v) is 10.4. The van der Waals surface area contributed by atoms with E-state index in [1.165, 1.54) is 11.8 Å². The Morgan fingerprint density at radius 2 is 1.79 bits per heavy atom. The van der Waals surface area contributed by atoms with E-state index in [-0.39, 0.29) is 6.61 Å². The molecule has 0 unspecified atom stereocenters. The van der Waals surface area contributed by atoms with E-state index >= 15 is 0 Å². The molecule has 0 saturated carbocycles. The second-order valence-electron chi connectivity index (χ2n) is 8.98. The molecule has 2 aromatic heterocycles. The van der Waals surface area contributed by atoms with Crippen LogP contribution in [-0.4, -0.2) is 72.7 Å². The first-order valence-corrected chi connectivity index (χ1v) is 12.7. The van der Waals surface area contributed by atoms with E-state index in [2.05, 4.69) is 14.8 Å². The second kappa shape index (κ2) is 9.92. The highest BCUT2D eigenvalue weighted by Crippen LogP contribution is 2.41. The summed E-state index contributed by atoms with van der Waals surface area (Å²) < 4.78 is 11.1. The number of halogens is 1. The van der Waals surface area contributed by atoms with Crippen LogP contribution in [0.2, 0.25) is 5.02 Å². The predicted octanol–water partition coefficient (Wildman–Crippen LogP) is 3.32. The van der Waals surface area contributed by atoms with Gasteiger partial charge in [-0.1, -0.05) is 23.4 Å². The average molecular weight is 492 g/mol. The van der Waals surface area contributed by atoms with E-state index in [0.29, 0.717) is 29.3 Å². The number of ether oxygens (including phenoxy) is 2. The van der Waals surface area contributed by atoms with Crippen LogP contribution in [0.1, 0.15) is 30.7 Å². The van der Waals surface area contributed by atoms with Gasteiger partial charge in [-0.3, -0.25) is 0 Å². The van der Waals surface area contributed by atoms with Crippen molar-refractivity contribution in [1.29, 1.82) is 0 Å². The summed E-state index contributed by atoms with van der Waals surface area (Å²) in [6.07, 6.45) is 5.10. The van der Waals surface area contributed by atoms with Crippen molar-refractivity contribution in [2.75, 3.05) is 62.4 Å². The Morgan fingerprint density at radius 1 is 1.03 bits per heavy atom. The van der Waals surface area contributed by atoms with Crippen molar-refractivity contribution in [2.45, 2.75) is 42.7 Å². The molecule has 0 radical (unpaired) electrons. The molecule has 1 N–H and O–H groups in total. The number of aliphatic hydroxyl groups is 1. The maximum Gasteiger partial charge on any atom is 0.153 e. The Balaban J connectivity index is 1.36. The van der Waals surface area contributed by atoms with Crippen molar-refractivity contribution >= 4 is 35.0 Å². The van der Waals surface area contributed by atoms with Crippen molar-refractivity contribution in [3.63, 3.8) is 0 Å². The molecular formula is C23H30ClN5O3S. The van der Waals surface area contributed by atoms with Crippen LogP contribution in [0.15, 0.2) is 22.2 Å². The molecule has 10 heteroatoms. The van der Waals surface area contributed by atoms with Gasteiger partial charge in [0, 0.05) is 43.9 Å². The monoisotopic (exact) mass is 491 g/mol. The standard InChI is InChI=1S/C23H30ClN5O3S/c1-16-22(33-18-2-6-25-21(19(18)24)29-9-12-31-13-10-29)27-17(14-30)20(26-16)28-7-3-23(4-8-28)5-11-32-15-23/h2,6,30H,3-5,7-15H2,1H3. The van der Waals surface area contributed by atoms with Crippen LogP contribution in [0.3, 0.4) is 0 Å². The van der Waals surface area contributed by atoms with Crippen LogP contribution >= 0.6 is 23.4 Å². The molecule has 0 aromatic carbocycles. The zero-order chi connectivity index (χ0) is 22.8. The molecule has 3 fully saturated rings. The number of nitrogens with zero attached hydrogens (tertiary/aromatic N) is 5. The Bertz CT molecular complexity index is 988. The third-order valence-electron chi connectivity index (χ3n) is 6.89. The number of anilines is 2. The van der Waals surface area contributed by atoms with E-state index in [0.717, 1.165) is 85.9 Å². The van der Waals surface area contributed by atoms with Gasteiger partial charge in [0.05, 0.1) is 37.1 Å². The van der Waals surface area contributed by atoms with Crippen LogP contribution < -0.4 is 9.80 Å². The number of aliphatic hydroxyl groups excluding tert-OH is 1. The van der Waals surface area contributed by atoms with Gasteiger partial charge in [0.15, 0.2) is 5.82 Å². The molecule has 5 rings (SSSR count). The molecule has 5 heterocycles. The van der Waals surface area contributed by atoms with E-state index in [9.17, 15) is 5.11 Å². The molecule has 0 amide bonds. The molecule has 3 saturated heterocycles. The van der Waals surface area contributed by atoms with Crippen molar-refractivity contribution in [3.8, 4) is 0 Å². The Hall–Kier alpha value is -1.65. The highest BCUT2D eigenvalue weighted by molar-refractivity contribution is 7.99. The summed E-state index contributed by atoms with van der Waals surface area (Å²) in [4.78, 5) is 19.5. The van der Waals surface area contributed by atoms with Crippen molar-refractivity contribution in [3.05, 3.63) is 28.7 Å². The lowest BCUT2D eigenvalue weighted by atomic mass is 9.78. The van der Waals surface area contributed by atoms with Gasteiger partial charge in [0.2, 0.25) is 0 Å². The molecule has 0 bridgehead atoms. The van der Waals surface area contributed by atoms with E-state index in [4.69, 9.17) is 31.0 Å². The summed E-state index contributed by atoms with van der Waals surface area (Å²) in [5.41, 5.74) is 1.77. The van der Waals surface area contributed by atoms with E-state index < -0.39 is 0 Å². The molecule has 2 aromatic rings. The fourth-order valence-electron chi connectivity index (χ4n) is 4.81. The number of piperidine rings is 1. The fraction of sp³-hybridized carbons (Fsp3) is 0.609. The summed E-state index contributed by atoms with van der Waals surface area (Å²) in [6.45, 7) is 8.27. The van der Waals surface area contributed by atoms with Crippen LogP contribution in [0.25, 0.3) is 0 Å². The molecular weight excluding hydrogens is 462 g/mol. The van der Waals surface area contributed by atoms with E-state index in [1.807, 2.05) is 13.0 Å². The highest BCUT2D eigenvalue weighted by Gasteiger charge is 2.38. The maximum atomic E-state index is 10.1. The van der Waals surface area contributed by atoms with Gasteiger partial charge in [-0.2, -0.15) is 0 Å². The Kier molecular flexibility index (Phi) is 6.94. The summed E-state index contributed by atoms with van der Waals surface area (Å²) in [5.74, 6) is 1.57. The molecule has 0 atom stereocenters. The molecule has 8 nitrogen and oxygen atoms in total. The van der Waals surface area contributed by atoms with Gasteiger partial charge in [-0.25, -0.2) is 15.0 Å². The normalized spacial score (nSPS) is 20.6. The van der Waals surface area contributed by atoms with E-state index in [1.54, 1.807) is 6.20 Å². The third-order valence-corrected chi connectivity index (χ3v) is 8.51. The Labute approximate surface area is 203 Å². The first-order valence-electron chi connectivity index (χ1n) is 11.5. The molecule has 3 aliphatic heterocycles. The minimum atomic E-state index is -0.149. The fourth-order valence-corrected chi connectivity index (χ4v) is 6.03. The zero-order valence-corrected chi connectivity index (χ0v) is 20.5. The smallest absolute Gasteiger partial charge is 0.153 e. The number of hydrogen-bond donors (Lipinski definition) is 1. The van der Waals surface area contributed by atoms with Gasteiger partial charge in [0.25, 0.3) is 0 Å². The third kappa shape index (κ3) is 4.79. The van der Waals surface area contributed by atoms with Crippen molar-refractivity contribution in [2.24, 2.45) is 5.41 Å². The number of aryl methyl sites for hydroxylation is 1. The first kappa shape index (κ1) is 23.1. The number of aromatic nitrogens is 3. The van der Waals surface area contributed by atoms with Crippen LogP contribution in [-0.2, 0) is 16.1 Å². The number of morpholine rings is 1. The van der Waals surface area contributed by atoms with Gasteiger partial charge in [-0.05, 0) is 37.7 Å². The molecule has 0 aliphatic carbocycles. The van der Waals surface area contributed by atoms with Crippen LogP contribution in [0, 0.1) is 12.3 Å². The van der Waals surface area contributed by atoms with Gasteiger partial charge >= 0.3 is 0 Å². The SMILES string of the molecule is Cc1nc(N2CCC3(CCOC3)CC2)c(CO)nc1Sc1ccnc(N2CCOCC2)c1Cl. The first-order chi connectivity index (χ1) is 16.1. The topological polar surface area (TPSA) is 83.8 Å². The van der Waals surface area contributed by atoms with Crippen LogP contribution in [0.4, 0.5) is 11.6 Å². The number of pyridine rings is 1. The van der Waals surface area contributed by atoms with Crippen LogP contribution in [0.5, 0.6) is 0 Å². The van der Waals surface area contributed by atoms with Gasteiger partial charge < -0.3 is 24.4 Å². The highest BCUT2D eigenvalue weighted by atomic mass is 35.5. The summed E-state index contributed by atoms with van der Waals surface area (Å²) in [6, 6.07) is 1.90. The zero-order valence-electron chi connectivity index (χ0n) is 18.9. The number of rotatable bonds is 5. The lowest BCUT2D eigenvalue weighted by Gasteiger charge is -2.39. The predicted molar refractivity (Wildman–Crippen MR) is 128 cm³/mol.